The third-order valence-corrected chi connectivity index (χ3v) is 9.75. The number of thioether (sulfide) groups is 1. The van der Waals surface area contributed by atoms with Gasteiger partial charge in [0.05, 0.1) is 17.0 Å². The van der Waals surface area contributed by atoms with Crippen LogP contribution in [0.2, 0.25) is 0 Å². The van der Waals surface area contributed by atoms with Gasteiger partial charge in [-0.3, -0.25) is 9.59 Å². The number of hydrogen-bond acceptors (Lipinski definition) is 7. The molecule has 244 valence electrons. The van der Waals surface area contributed by atoms with Gasteiger partial charge in [0.2, 0.25) is 5.91 Å². The van der Waals surface area contributed by atoms with E-state index in [1.165, 1.54) is 11.8 Å². The Labute approximate surface area is 293 Å². The number of rotatable bonds is 11. The summed E-state index contributed by atoms with van der Waals surface area (Å²) in [6.07, 6.45) is 0. The molecule has 0 fully saturated rings. The molecule has 11 heteroatoms. The van der Waals surface area contributed by atoms with Gasteiger partial charge in [0.25, 0.3) is 5.91 Å². The van der Waals surface area contributed by atoms with E-state index in [-0.39, 0.29) is 29.0 Å². The van der Waals surface area contributed by atoms with E-state index in [1.807, 2.05) is 104 Å². The summed E-state index contributed by atoms with van der Waals surface area (Å²) in [6, 6.07) is 34.0. The van der Waals surface area contributed by atoms with Gasteiger partial charge >= 0.3 is 5.97 Å². The van der Waals surface area contributed by atoms with Crippen LogP contribution in [0, 0.1) is 13.8 Å². The average molecular weight is 695 g/mol. The zero-order chi connectivity index (χ0) is 34.0. The standard InChI is InChI=1S/C37H34N4O4S3/c1-4-45-36(44)30-24(3)31(33(42)38-26-14-9-6-10-15-26)48-35(30)41-34(43)32(25-12-7-5-8-13-25)47-29-17-11-16-28(22-29)40-37(46)39-27-20-18-23(2)19-21-27/h5-22,32H,4H2,1-3H3,(H,38,42)(H,41,43)(H2,39,40,46). The fourth-order valence-electron chi connectivity index (χ4n) is 4.77. The van der Waals surface area contributed by atoms with Gasteiger partial charge in [-0.15, -0.1) is 23.1 Å². The zero-order valence-electron chi connectivity index (χ0n) is 26.5. The van der Waals surface area contributed by atoms with Gasteiger partial charge in [-0.1, -0.05) is 72.3 Å². The van der Waals surface area contributed by atoms with Crippen molar-refractivity contribution in [1.29, 1.82) is 0 Å². The highest BCUT2D eigenvalue weighted by Crippen LogP contribution is 2.40. The highest BCUT2D eigenvalue weighted by Gasteiger charge is 2.29. The van der Waals surface area contributed by atoms with E-state index in [9.17, 15) is 14.4 Å². The molecule has 0 saturated heterocycles. The number of aryl methyl sites for hydroxylation is 1. The van der Waals surface area contributed by atoms with Crippen LogP contribution in [0.4, 0.5) is 22.1 Å². The molecule has 1 aromatic heterocycles. The second kappa shape index (κ2) is 16.2. The summed E-state index contributed by atoms with van der Waals surface area (Å²) in [6.45, 7) is 5.55. The molecular formula is C37H34N4O4S3. The van der Waals surface area contributed by atoms with Crippen LogP contribution < -0.4 is 21.3 Å². The topological polar surface area (TPSA) is 109 Å². The zero-order valence-corrected chi connectivity index (χ0v) is 29.0. The number of nitrogens with one attached hydrogen (secondary N) is 4. The maximum Gasteiger partial charge on any atom is 0.341 e. The van der Waals surface area contributed by atoms with Crippen molar-refractivity contribution in [3.63, 3.8) is 0 Å². The molecule has 1 heterocycles. The Balaban J connectivity index is 1.39. The van der Waals surface area contributed by atoms with E-state index in [2.05, 4.69) is 21.3 Å². The number of ether oxygens (including phenoxy) is 1. The number of anilines is 4. The van der Waals surface area contributed by atoms with Crippen molar-refractivity contribution in [3.8, 4) is 0 Å². The number of benzene rings is 4. The number of esters is 1. The maximum absolute atomic E-state index is 14.1. The lowest BCUT2D eigenvalue weighted by molar-refractivity contribution is -0.115. The van der Waals surface area contributed by atoms with Crippen molar-refractivity contribution >= 4 is 80.3 Å². The molecule has 0 aliphatic heterocycles. The lowest BCUT2D eigenvalue weighted by Gasteiger charge is -2.18. The summed E-state index contributed by atoms with van der Waals surface area (Å²) < 4.78 is 5.33. The van der Waals surface area contributed by atoms with E-state index in [1.54, 1.807) is 26.0 Å². The van der Waals surface area contributed by atoms with E-state index < -0.39 is 11.2 Å². The van der Waals surface area contributed by atoms with E-state index in [0.717, 1.165) is 38.7 Å². The fourth-order valence-corrected chi connectivity index (χ4v) is 7.18. The molecule has 48 heavy (non-hydrogen) atoms. The van der Waals surface area contributed by atoms with Gasteiger partial charge in [-0.2, -0.15) is 0 Å². The van der Waals surface area contributed by atoms with Crippen molar-refractivity contribution in [2.45, 2.75) is 30.9 Å². The van der Waals surface area contributed by atoms with Crippen LogP contribution >= 0.6 is 35.3 Å². The Morgan fingerprint density at radius 3 is 2.08 bits per heavy atom. The molecule has 1 unspecified atom stereocenters. The molecule has 1 atom stereocenters. The second-order valence-corrected chi connectivity index (χ2v) is 13.3. The number of amides is 2. The Kier molecular flexibility index (Phi) is 11.6. The first kappa shape index (κ1) is 34.4. The Bertz CT molecular complexity index is 1910. The molecule has 5 aromatic rings. The summed E-state index contributed by atoms with van der Waals surface area (Å²) in [5, 5.41) is 12.2. The van der Waals surface area contributed by atoms with Crippen LogP contribution in [-0.2, 0) is 9.53 Å². The van der Waals surface area contributed by atoms with Crippen molar-refractivity contribution in [2.75, 3.05) is 27.9 Å². The minimum absolute atomic E-state index is 0.143. The van der Waals surface area contributed by atoms with Gasteiger partial charge in [-0.25, -0.2) is 4.79 Å². The average Bonchev–Trinajstić information content (AvgIpc) is 3.41. The Morgan fingerprint density at radius 1 is 0.771 bits per heavy atom. The lowest BCUT2D eigenvalue weighted by atomic mass is 10.1. The van der Waals surface area contributed by atoms with Gasteiger partial charge in [0.15, 0.2) is 5.11 Å². The minimum atomic E-state index is -0.696. The summed E-state index contributed by atoms with van der Waals surface area (Å²) >= 11 is 7.93. The first-order valence-corrected chi connectivity index (χ1v) is 17.3. The molecule has 0 aliphatic carbocycles. The highest BCUT2D eigenvalue weighted by molar-refractivity contribution is 8.00. The smallest absolute Gasteiger partial charge is 0.341 e. The quantitative estimate of drug-likeness (QED) is 0.0616. The molecule has 4 N–H and O–H groups in total. The molecule has 0 radical (unpaired) electrons. The van der Waals surface area contributed by atoms with Crippen molar-refractivity contribution in [1.82, 2.24) is 0 Å². The van der Waals surface area contributed by atoms with Crippen molar-refractivity contribution in [3.05, 3.63) is 136 Å². The Morgan fingerprint density at radius 2 is 1.40 bits per heavy atom. The molecule has 2 amide bonds. The monoisotopic (exact) mass is 694 g/mol. The summed E-state index contributed by atoms with van der Waals surface area (Å²) in [5.41, 5.74) is 4.75. The largest absolute Gasteiger partial charge is 0.462 e. The predicted molar refractivity (Wildman–Crippen MR) is 201 cm³/mol. The second-order valence-electron chi connectivity index (χ2n) is 10.7. The first-order valence-electron chi connectivity index (χ1n) is 15.2. The number of carbonyl (C=O) groups is 3. The minimum Gasteiger partial charge on any atom is -0.462 e. The molecule has 4 aromatic carbocycles. The van der Waals surface area contributed by atoms with Crippen LogP contribution in [0.5, 0.6) is 0 Å². The van der Waals surface area contributed by atoms with Crippen LogP contribution in [0.1, 0.15) is 48.9 Å². The third-order valence-electron chi connectivity index (χ3n) is 7.10. The maximum atomic E-state index is 14.1. The molecule has 5 rings (SSSR count). The number of hydrogen-bond donors (Lipinski definition) is 4. The van der Waals surface area contributed by atoms with Crippen LogP contribution in [0.3, 0.4) is 0 Å². The molecule has 0 spiro atoms. The van der Waals surface area contributed by atoms with Crippen LogP contribution in [-0.4, -0.2) is 29.5 Å². The molecule has 0 aliphatic rings. The van der Waals surface area contributed by atoms with E-state index in [0.29, 0.717) is 21.2 Å². The normalized spacial score (nSPS) is 11.2. The Hall–Kier alpha value is -4.97. The predicted octanol–water partition coefficient (Wildman–Crippen LogP) is 9.07. The summed E-state index contributed by atoms with van der Waals surface area (Å²) in [7, 11) is 0. The number of thiocarbonyl (C=S) groups is 1. The van der Waals surface area contributed by atoms with Gasteiger partial charge in [0.1, 0.15) is 10.3 Å². The molecule has 8 nitrogen and oxygen atoms in total. The van der Waals surface area contributed by atoms with Crippen molar-refractivity contribution < 1.29 is 19.1 Å². The fraction of sp³-hybridized carbons (Fsp3) is 0.135. The summed E-state index contributed by atoms with van der Waals surface area (Å²) in [4.78, 5) is 41.6. The van der Waals surface area contributed by atoms with Gasteiger partial charge in [0, 0.05) is 22.0 Å². The summed E-state index contributed by atoms with van der Waals surface area (Å²) in [5.74, 6) is -1.36. The molecular weight excluding hydrogens is 661 g/mol. The number of para-hydroxylation sites is 1. The van der Waals surface area contributed by atoms with Crippen molar-refractivity contribution in [2.24, 2.45) is 0 Å². The SMILES string of the molecule is CCOC(=O)c1c(NC(=O)C(Sc2cccc(NC(=S)Nc3ccc(C)cc3)c2)c2ccccc2)sc(C(=O)Nc2ccccc2)c1C. The highest BCUT2D eigenvalue weighted by atomic mass is 32.2. The van der Waals surface area contributed by atoms with E-state index >= 15 is 0 Å². The van der Waals surface area contributed by atoms with Crippen LogP contribution in [0.15, 0.2) is 114 Å². The molecule has 0 bridgehead atoms. The third kappa shape index (κ3) is 8.88. The number of carbonyl (C=O) groups excluding carboxylic acids is 3. The van der Waals surface area contributed by atoms with E-state index in [4.69, 9.17) is 17.0 Å². The lowest BCUT2D eigenvalue weighted by Crippen LogP contribution is -2.20. The number of thiophene rings is 1. The molecule has 0 saturated carbocycles. The first-order chi connectivity index (χ1) is 23.2. The van der Waals surface area contributed by atoms with Gasteiger partial charge in [-0.05, 0) is 86.6 Å². The van der Waals surface area contributed by atoms with Crippen LogP contribution in [0.25, 0.3) is 0 Å². The van der Waals surface area contributed by atoms with Gasteiger partial charge < -0.3 is 26.0 Å².